The van der Waals surface area contributed by atoms with Gasteiger partial charge in [0, 0.05) is 23.0 Å². The first-order valence-electron chi connectivity index (χ1n) is 6.07. The highest BCUT2D eigenvalue weighted by molar-refractivity contribution is 6.30. The summed E-state index contributed by atoms with van der Waals surface area (Å²) in [6.07, 6.45) is 3.64. The van der Waals surface area contributed by atoms with Crippen LogP contribution in [0.3, 0.4) is 0 Å². The number of pyridine rings is 1. The molecule has 20 heavy (non-hydrogen) atoms. The summed E-state index contributed by atoms with van der Waals surface area (Å²) < 4.78 is 5.23. The first kappa shape index (κ1) is 14.3. The van der Waals surface area contributed by atoms with Gasteiger partial charge in [-0.1, -0.05) is 11.6 Å². The third-order valence-electron chi connectivity index (χ3n) is 3.05. The zero-order valence-electron chi connectivity index (χ0n) is 10.9. The second kappa shape index (κ2) is 6.39. The van der Waals surface area contributed by atoms with Crippen molar-refractivity contribution in [1.29, 1.82) is 0 Å². The Kier molecular flexibility index (Phi) is 4.58. The SMILES string of the molecule is COc1ccc(Cl)cc1C(Cc1ccncc1)C(=O)O. The molecule has 1 unspecified atom stereocenters. The van der Waals surface area contributed by atoms with E-state index in [2.05, 4.69) is 4.98 Å². The Balaban J connectivity index is 2.38. The Morgan fingerprint density at radius 3 is 2.65 bits per heavy atom. The van der Waals surface area contributed by atoms with Crippen LogP contribution in [0.1, 0.15) is 17.0 Å². The van der Waals surface area contributed by atoms with Crippen LogP contribution in [0.15, 0.2) is 42.7 Å². The van der Waals surface area contributed by atoms with E-state index in [1.807, 2.05) is 0 Å². The van der Waals surface area contributed by atoms with Gasteiger partial charge in [0.2, 0.25) is 0 Å². The van der Waals surface area contributed by atoms with Crippen LogP contribution in [0.5, 0.6) is 5.75 Å². The van der Waals surface area contributed by atoms with Crippen molar-refractivity contribution in [3.8, 4) is 5.75 Å². The molecule has 104 valence electrons. The molecule has 0 spiro atoms. The Hall–Kier alpha value is -2.07. The molecule has 0 bridgehead atoms. The number of methoxy groups -OCH3 is 1. The quantitative estimate of drug-likeness (QED) is 0.919. The number of rotatable bonds is 5. The van der Waals surface area contributed by atoms with Crippen LogP contribution in [0, 0.1) is 0 Å². The van der Waals surface area contributed by atoms with Gasteiger partial charge in [0.1, 0.15) is 5.75 Å². The van der Waals surface area contributed by atoms with E-state index in [-0.39, 0.29) is 0 Å². The molecule has 0 radical (unpaired) electrons. The lowest BCUT2D eigenvalue weighted by atomic mass is 9.91. The first-order chi connectivity index (χ1) is 9.61. The molecule has 1 aromatic heterocycles. The third-order valence-corrected chi connectivity index (χ3v) is 3.29. The van der Waals surface area contributed by atoms with E-state index in [1.165, 1.54) is 7.11 Å². The first-order valence-corrected chi connectivity index (χ1v) is 6.44. The number of ether oxygens (including phenoxy) is 1. The molecular formula is C15H14ClNO3. The summed E-state index contributed by atoms with van der Waals surface area (Å²) in [4.78, 5) is 15.5. The highest BCUT2D eigenvalue weighted by atomic mass is 35.5. The van der Waals surface area contributed by atoms with Crippen LogP contribution in [0.2, 0.25) is 5.02 Å². The number of nitrogens with zero attached hydrogens (tertiary/aromatic N) is 1. The molecule has 1 atom stereocenters. The summed E-state index contributed by atoms with van der Waals surface area (Å²) in [7, 11) is 1.51. The molecule has 1 aromatic carbocycles. The highest BCUT2D eigenvalue weighted by Crippen LogP contribution is 2.32. The number of aliphatic carboxylic acids is 1. The van der Waals surface area contributed by atoms with Crippen molar-refractivity contribution >= 4 is 17.6 Å². The van der Waals surface area contributed by atoms with E-state index in [1.54, 1.807) is 42.7 Å². The van der Waals surface area contributed by atoms with Crippen molar-refractivity contribution in [3.05, 3.63) is 58.9 Å². The predicted molar refractivity (Wildman–Crippen MR) is 76.3 cm³/mol. The third kappa shape index (κ3) is 3.27. The standard InChI is InChI=1S/C15H14ClNO3/c1-20-14-3-2-11(16)9-12(14)13(15(18)19)8-10-4-6-17-7-5-10/h2-7,9,13H,8H2,1H3,(H,18,19). The Morgan fingerprint density at radius 1 is 1.35 bits per heavy atom. The summed E-state index contributed by atoms with van der Waals surface area (Å²) in [5, 5.41) is 9.97. The van der Waals surface area contributed by atoms with Crippen molar-refractivity contribution in [2.45, 2.75) is 12.3 Å². The molecule has 2 rings (SSSR count). The zero-order valence-corrected chi connectivity index (χ0v) is 11.7. The van der Waals surface area contributed by atoms with Gasteiger partial charge in [0.15, 0.2) is 0 Å². The van der Waals surface area contributed by atoms with E-state index >= 15 is 0 Å². The molecule has 0 aliphatic rings. The number of benzene rings is 1. The molecule has 5 heteroatoms. The van der Waals surface area contributed by atoms with Crippen molar-refractivity contribution in [1.82, 2.24) is 4.98 Å². The van der Waals surface area contributed by atoms with Gasteiger partial charge in [0.25, 0.3) is 0 Å². The van der Waals surface area contributed by atoms with Gasteiger partial charge in [-0.3, -0.25) is 9.78 Å². The molecule has 0 aliphatic carbocycles. The normalized spacial score (nSPS) is 11.9. The average molecular weight is 292 g/mol. The van der Waals surface area contributed by atoms with Crippen LogP contribution in [-0.4, -0.2) is 23.2 Å². The van der Waals surface area contributed by atoms with Gasteiger partial charge < -0.3 is 9.84 Å². The molecule has 0 saturated carbocycles. The van der Waals surface area contributed by atoms with Crippen LogP contribution < -0.4 is 4.74 Å². The molecular weight excluding hydrogens is 278 g/mol. The topological polar surface area (TPSA) is 59.4 Å². The number of aromatic nitrogens is 1. The zero-order chi connectivity index (χ0) is 14.5. The lowest BCUT2D eigenvalue weighted by molar-refractivity contribution is -0.138. The number of hydrogen-bond donors (Lipinski definition) is 1. The van der Waals surface area contributed by atoms with Crippen LogP contribution in [-0.2, 0) is 11.2 Å². The summed E-state index contributed by atoms with van der Waals surface area (Å²) in [6.45, 7) is 0. The van der Waals surface area contributed by atoms with E-state index in [4.69, 9.17) is 16.3 Å². The lowest BCUT2D eigenvalue weighted by Gasteiger charge is -2.16. The Morgan fingerprint density at radius 2 is 2.05 bits per heavy atom. The van der Waals surface area contributed by atoms with Crippen LogP contribution in [0.25, 0.3) is 0 Å². The molecule has 0 amide bonds. The second-order valence-corrected chi connectivity index (χ2v) is 4.77. The number of carbonyl (C=O) groups is 1. The maximum atomic E-state index is 11.6. The van der Waals surface area contributed by atoms with Crippen molar-refractivity contribution < 1.29 is 14.6 Å². The lowest BCUT2D eigenvalue weighted by Crippen LogP contribution is -2.15. The fourth-order valence-corrected chi connectivity index (χ4v) is 2.24. The average Bonchev–Trinajstić information content (AvgIpc) is 2.45. The fourth-order valence-electron chi connectivity index (χ4n) is 2.06. The number of halogens is 1. The summed E-state index contributed by atoms with van der Waals surface area (Å²) in [5.74, 6) is -1.11. The van der Waals surface area contributed by atoms with E-state index in [0.717, 1.165) is 5.56 Å². The fraction of sp³-hybridized carbons (Fsp3) is 0.200. The molecule has 0 fully saturated rings. The second-order valence-electron chi connectivity index (χ2n) is 4.34. The number of carboxylic acids is 1. The monoisotopic (exact) mass is 291 g/mol. The van der Waals surface area contributed by atoms with Gasteiger partial charge in [-0.2, -0.15) is 0 Å². The van der Waals surface area contributed by atoms with E-state index in [9.17, 15) is 9.90 Å². The van der Waals surface area contributed by atoms with Crippen molar-refractivity contribution in [2.75, 3.05) is 7.11 Å². The van der Waals surface area contributed by atoms with Crippen LogP contribution in [0.4, 0.5) is 0 Å². The molecule has 1 N–H and O–H groups in total. The Bertz CT molecular complexity index is 601. The number of hydrogen-bond acceptors (Lipinski definition) is 3. The molecule has 1 heterocycles. The molecule has 4 nitrogen and oxygen atoms in total. The molecule has 0 saturated heterocycles. The van der Waals surface area contributed by atoms with E-state index in [0.29, 0.717) is 22.8 Å². The maximum Gasteiger partial charge on any atom is 0.311 e. The smallest absolute Gasteiger partial charge is 0.311 e. The van der Waals surface area contributed by atoms with Crippen LogP contribution >= 0.6 is 11.6 Å². The minimum atomic E-state index is -0.914. The van der Waals surface area contributed by atoms with Crippen molar-refractivity contribution in [3.63, 3.8) is 0 Å². The molecule has 2 aromatic rings. The van der Waals surface area contributed by atoms with Gasteiger partial charge in [-0.15, -0.1) is 0 Å². The summed E-state index contributed by atoms with van der Waals surface area (Å²) >= 11 is 5.97. The predicted octanol–water partition coefficient (Wildman–Crippen LogP) is 3.15. The minimum Gasteiger partial charge on any atom is -0.496 e. The van der Waals surface area contributed by atoms with Crippen molar-refractivity contribution in [2.24, 2.45) is 0 Å². The van der Waals surface area contributed by atoms with Gasteiger partial charge in [-0.05, 0) is 42.3 Å². The molecule has 0 aliphatic heterocycles. The maximum absolute atomic E-state index is 11.6. The summed E-state index contributed by atoms with van der Waals surface area (Å²) in [5.41, 5.74) is 1.47. The van der Waals surface area contributed by atoms with E-state index < -0.39 is 11.9 Å². The Labute approximate surface area is 122 Å². The van der Waals surface area contributed by atoms with Gasteiger partial charge in [0.05, 0.1) is 13.0 Å². The largest absolute Gasteiger partial charge is 0.496 e. The summed E-state index contributed by atoms with van der Waals surface area (Å²) in [6, 6.07) is 8.59. The van der Waals surface area contributed by atoms with Gasteiger partial charge in [-0.25, -0.2) is 0 Å². The number of carboxylic acid groups (broad SMARTS) is 1. The highest BCUT2D eigenvalue weighted by Gasteiger charge is 2.24. The van der Waals surface area contributed by atoms with Gasteiger partial charge >= 0.3 is 5.97 Å². The minimum absolute atomic E-state index is 0.356.